The third-order valence-electron chi connectivity index (χ3n) is 5.75. The van der Waals surface area contributed by atoms with Gasteiger partial charge < -0.3 is 19.7 Å². The summed E-state index contributed by atoms with van der Waals surface area (Å²) in [7, 11) is 0. The first-order chi connectivity index (χ1) is 14.6. The summed E-state index contributed by atoms with van der Waals surface area (Å²) in [5.41, 5.74) is 1.83. The number of carbonyl (C=O) groups is 2. The van der Waals surface area contributed by atoms with Gasteiger partial charge in [0.2, 0.25) is 0 Å². The van der Waals surface area contributed by atoms with E-state index in [9.17, 15) is 19.8 Å². The highest BCUT2D eigenvalue weighted by molar-refractivity contribution is 5.87. The fourth-order valence-corrected chi connectivity index (χ4v) is 4.18. The maximum absolute atomic E-state index is 11.6. The van der Waals surface area contributed by atoms with Gasteiger partial charge in [-0.25, -0.2) is 15.0 Å². The van der Waals surface area contributed by atoms with Crippen molar-refractivity contribution in [2.24, 2.45) is 5.92 Å². The first-order valence-electron chi connectivity index (χ1n) is 9.52. The van der Waals surface area contributed by atoms with Crippen molar-refractivity contribution < 1.29 is 29.3 Å². The summed E-state index contributed by atoms with van der Waals surface area (Å²) in [5.74, 6) is 0.135. The van der Waals surface area contributed by atoms with Crippen LogP contribution in [0.15, 0.2) is 36.3 Å². The summed E-state index contributed by atoms with van der Waals surface area (Å²) >= 11 is 0. The van der Waals surface area contributed by atoms with Gasteiger partial charge in [0.05, 0.1) is 25.3 Å². The molecule has 0 aromatic carbocycles. The normalized spacial score (nSPS) is 30.6. The molecule has 11 nitrogen and oxygen atoms in total. The Balaban J connectivity index is 1.53. The van der Waals surface area contributed by atoms with Gasteiger partial charge in [-0.05, 0) is 0 Å². The molecule has 11 heteroatoms. The summed E-state index contributed by atoms with van der Waals surface area (Å²) in [6.07, 6.45) is 5.66. The van der Waals surface area contributed by atoms with Crippen LogP contribution >= 0.6 is 0 Å². The third kappa shape index (κ3) is 2.82. The van der Waals surface area contributed by atoms with E-state index < -0.39 is 24.7 Å². The SMILES string of the molecule is O=CC1=COC2CC1C(C=O)=CN2c1ncnc2c1ncn2[C@H]1C[C@H](O)[C@@H](CO)O1. The number of anilines is 1. The van der Waals surface area contributed by atoms with Crippen LogP contribution in [0.4, 0.5) is 5.82 Å². The van der Waals surface area contributed by atoms with Gasteiger partial charge in [-0.3, -0.25) is 19.1 Å². The second-order valence-electron chi connectivity index (χ2n) is 7.41. The van der Waals surface area contributed by atoms with E-state index in [-0.39, 0.29) is 12.5 Å². The Hall–Kier alpha value is -3.15. The van der Waals surface area contributed by atoms with Crippen molar-refractivity contribution in [3.05, 3.63) is 36.3 Å². The maximum Gasteiger partial charge on any atom is 0.177 e. The van der Waals surface area contributed by atoms with Crippen LogP contribution in [-0.4, -0.2) is 67.3 Å². The van der Waals surface area contributed by atoms with Crippen LogP contribution in [0.5, 0.6) is 0 Å². The number of allylic oxidation sites excluding steroid dienone is 2. The van der Waals surface area contributed by atoms with Crippen LogP contribution in [0, 0.1) is 5.92 Å². The number of aliphatic hydroxyl groups is 2. The third-order valence-corrected chi connectivity index (χ3v) is 5.75. The predicted molar refractivity (Wildman–Crippen MR) is 101 cm³/mol. The summed E-state index contributed by atoms with van der Waals surface area (Å²) in [5, 5.41) is 19.4. The number of fused-ring (bicyclic) bond motifs is 3. The zero-order valence-corrected chi connectivity index (χ0v) is 15.7. The number of carbonyl (C=O) groups excluding carboxylic acids is 2. The Kier molecular flexibility index (Phi) is 4.57. The Morgan fingerprint density at radius 3 is 2.70 bits per heavy atom. The molecule has 2 aromatic rings. The van der Waals surface area contributed by atoms with Crippen molar-refractivity contribution in [2.75, 3.05) is 11.5 Å². The molecule has 5 rings (SSSR count). The minimum Gasteiger partial charge on any atom is -0.477 e. The van der Waals surface area contributed by atoms with Crippen LogP contribution in [-0.2, 0) is 19.1 Å². The Labute approximate surface area is 170 Å². The van der Waals surface area contributed by atoms with Crippen molar-refractivity contribution in [2.45, 2.75) is 37.5 Å². The van der Waals surface area contributed by atoms with Crippen LogP contribution in [0.3, 0.4) is 0 Å². The van der Waals surface area contributed by atoms with Crippen LogP contribution in [0.2, 0.25) is 0 Å². The molecule has 5 atom stereocenters. The molecule has 0 amide bonds. The number of aldehydes is 2. The van der Waals surface area contributed by atoms with Crippen LogP contribution in [0.25, 0.3) is 11.2 Å². The van der Waals surface area contributed by atoms with Gasteiger partial charge in [0.1, 0.15) is 31.2 Å². The minimum absolute atomic E-state index is 0.284. The van der Waals surface area contributed by atoms with Crippen LogP contribution < -0.4 is 4.90 Å². The van der Waals surface area contributed by atoms with Crippen molar-refractivity contribution in [1.29, 1.82) is 0 Å². The molecular weight excluding hydrogens is 394 g/mol. The first-order valence-corrected chi connectivity index (χ1v) is 9.52. The molecule has 2 N–H and O–H groups in total. The molecule has 2 unspecified atom stereocenters. The van der Waals surface area contributed by atoms with Crippen molar-refractivity contribution in [3.8, 4) is 0 Å². The quantitative estimate of drug-likeness (QED) is 0.634. The summed E-state index contributed by atoms with van der Waals surface area (Å²) in [4.78, 5) is 37.7. The molecule has 0 spiro atoms. The number of nitrogens with zero attached hydrogens (tertiary/aromatic N) is 5. The molecule has 5 heterocycles. The molecule has 0 aliphatic carbocycles. The molecule has 156 valence electrons. The lowest BCUT2D eigenvalue weighted by Crippen LogP contribution is -2.42. The standard InChI is InChI=1S/C19H19N5O6/c25-4-10-3-23(15-1-12(10)11(5-26)7-29-15)18-17-19(21-8-20-18)24(9-22-17)16-2-13(28)14(6-27)30-16/h3-5,7-9,12-16,27-28H,1-2,6H2/t12?,13-,14+,15?,16+/m0/s1. The molecule has 0 radical (unpaired) electrons. The maximum atomic E-state index is 11.6. The van der Waals surface area contributed by atoms with E-state index in [0.29, 0.717) is 47.3 Å². The monoisotopic (exact) mass is 413 g/mol. The molecule has 2 bridgehead atoms. The molecule has 1 saturated heterocycles. The van der Waals surface area contributed by atoms with Gasteiger partial charge in [0, 0.05) is 36.1 Å². The van der Waals surface area contributed by atoms with Crippen molar-refractivity contribution in [3.63, 3.8) is 0 Å². The fourth-order valence-electron chi connectivity index (χ4n) is 4.18. The highest BCUT2D eigenvalue weighted by Crippen LogP contribution is 2.39. The van der Waals surface area contributed by atoms with Gasteiger partial charge in [-0.2, -0.15) is 0 Å². The highest BCUT2D eigenvalue weighted by Gasteiger charge is 2.39. The number of imidazole rings is 1. The van der Waals surface area contributed by atoms with E-state index >= 15 is 0 Å². The van der Waals surface area contributed by atoms with Gasteiger partial charge in [-0.1, -0.05) is 0 Å². The van der Waals surface area contributed by atoms with Gasteiger partial charge in [-0.15, -0.1) is 0 Å². The molecule has 2 aromatic heterocycles. The van der Waals surface area contributed by atoms with Crippen LogP contribution in [0.1, 0.15) is 19.1 Å². The molecule has 30 heavy (non-hydrogen) atoms. The van der Waals surface area contributed by atoms with Gasteiger partial charge in [0.15, 0.2) is 23.2 Å². The Bertz CT molecular complexity index is 1060. The van der Waals surface area contributed by atoms with E-state index in [4.69, 9.17) is 9.47 Å². The molecule has 3 aliphatic rings. The second kappa shape index (κ2) is 7.27. The zero-order chi connectivity index (χ0) is 20.8. The lowest BCUT2D eigenvalue weighted by atomic mass is 9.85. The van der Waals surface area contributed by atoms with Crippen molar-refractivity contribution in [1.82, 2.24) is 19.5 Å². The number of hydrogen-bond donors (Lipinski definition) is 2. The molecule has 3 aliphatic heterocycles. The number of aliphatic hydroxyl groups excluding tert-OH is 2. The number of ether oxygens (including phenoxy) is 2. The average Bonchev–Trinajstić information content (AvgIpc) is 3.37. The fraction of sp³-hybridized carbons (Fsp3) is 0.421. The van der Waals surface area contributed by atoms with Crippen molar-refractivity contribution >= 4 is 29.6 Å². The van der Waals surface area contributed by atoms with E-state index in [1.54, 1.807) is 22.0 Å². The minimum atomic E-state index is -0.787. The molecule has 0 saturated carbocycles. The summed E-state index contributed by atoms with van der Waals surface area (Å²) in [6, 6.07) is 0. The topological polar surface area (TPSA) is 140 Å². The average molecular weight is 413 g/mol. The number of rotatable bonds is 5. The Morgan fingerprint density at radius 1 is 1.13 bits per heavy atom. The highest BCUT2D eigenvalue weighted by atomic mass is 16.5. The smallest absolute Gasteiger partial charge is 0.177 e. The lowest BCUT2D eigenvalue weighted by molar-refractivity contribution is -0.106. The largest absolute Gasteiger partial charge is 0.477 e. The molecule has 1 fully saturated rings. The Morgan fingerprint density at radius 2 is 1.97 bits per heavy atom. The van der Waals surface area contributed by atoms with E-state index in [1.807, 2.05) is 0 Å². The summed E-state index contributed by atoms with van der Waals surface area (Å²) in [6.45, 7) is -0.284. The molecular formula is C19H19N5O6. The van der Waals surface area contributed by atoms with E-state index in [2.05, 4.69) is 15.0 Å². The predicted octanol–water partition coefficient (Wildman–Crippen LogP) is -0.185. The van der Waals surface area contributed by atoms with E-state index in [0.717, 1.165) is 6.29 Å². The van der Waals surface area contributed by atoms with Gasteiger partial charge in [0.25, 0.3) is 0 Å². The summed E-state index contributed by atoms with van der Waals surface area (Å²) < 4.78 is 13.1. The lowest BCUT2D eigenvalue weighted by Gasteiger charge is -2.39. The van der Waals surface area contributed by atoms with E-state index in [1.165, 1.54) is 12.6 Å². The second-order valence-corrected chi connectivity index (χ2v) is 7.41. The number of hydrogen-bond acceptors (Lipinski definition) is 10. The van der Waals surface area contributed by atoms with Gasteiger partial charge >= 0.3 is 0 Å². The zero-order valence-electron chi connectivity index (χ0n) is 15.7. The number of aromatic nitrogens is 4. The first kappa shape index (κ1) is 18.9.